The van der Waals surface area contributed by atoms with Gasteiger partial charge in [0.25, 0.3) is 5.91 Å². The maximum atomic E-state index is 12.4. The summed E-state index contributed by atoms with van der Waals surface area (Å²) in [6, 6.07) is -0.184. The third kappa shape index (κ3) is 3.43. The van der Waals surface area contributed by atoms with Gasteiger partial charge in [0.15, 0.2) is 5.65 Å². The first-order chi connectivity index (χ1) is 10.7. The number of halogens is 2. The molecule has 0 aliphatic heterocycles. The predicted molar refractivity (Wildman–Crippen MR) is 77.5 cm³/mol. The summed E-state index contributed by atoms with van der Waals surface area (Å²) in [4.78, 5) is 27.7. The predicted octanol–water partition coefficient (Wildman–Crippen LogP) is 1.42. The van der Waals surface area contributed by atoms with Gasteiger partial charge in [0.1, 0.15) is 6.04 Å². The number of aliphatic carboxylic acids is 1. The molecule has 0 saturated carbocycles. The molecule has 2 aromatic rings. The Hall–Kier alpha value is -2.58. The number of carbonyl (C=O) groups is 2. The largest absolute Gasteiger partial charge is 0.480 e. The highest BCUT2D eigenvalue weighted by molar-refractivity contribution is 6.07. The summed E-state index contributed by atoms with van der Waals surface area (Å²) in [5.41, 5.74) is 1.71. The minimum Gasteiger partial charge on any atom is -0.480 e. The molecule has 124 valence electrons. The van der Waals surface area contributed by atoms with E-state index < -0.39 is 30.8 Å². The van der Waals surface area contributed by atoms with Crippen molar-refractivity contribution in [2.45, 2.75) is 32.7 Å². The average Bonchev–Trinajstić information content (AvgIpc) is 2.71. The van der Waals surface area contributed by atoms with Gasteiger partial charge in [-0.3, -0.25) is 9.48 Å². The molecule has 0 spiro atoms. The molecule has 0 aromatic carbocycles. The Bertz CT molecular complexity index is 773. The van der Waals surface area contributed by atoms with Crippen molar-refractivity contribution in [2.24, 2.45) is 7.05 Å². The van der Waals surface area contributed by atoms with Gasteiger partial charge in [-0.15, -0.1) is 0 Å². The van der Waals surface area contributed by atoms with E-state index in [-0.39, 0.29) is 5.56 Å². The van der Waals surface area contributed by atoms with Crippen LogP contribution in [0, 0.1) is 13.8 Å². The lowest BCUT2D eigenvalue weighted by molar-refractivity contribution is -0.140. The Balaban J connectivity index is 2.43. The molecule has 2 heterocycles. The van der Waals surface area contributed by atoms with Gasteiger partial charge in [0.05, 0.1) is 16.6 Å². The number of hydrogen-bond acceptors (Lipinski definition) is 4. The summed E-state index contributed by atoms with van der Waals surface area (Å²) in [7, 11) is 1.67. The Labute approximate surface area is 130 Å². The molecule has 0 saturated heterocycles. The number of nitrogens with zero attached hydrogens (tertiary/aromatic N) is 3. The lowest BCUT2D eigenvalue weighted by Gasteiger charge is -2.14. The molecule has 2 aromatic heterocycles. The van der Waals surface area contributed by atoms with E-state index in [1.54, 1.807) is 20.9 Å². The van der Waals surface area contributed by atoms with Crippen molar-refractivity contribution in [3.05, 3.63) is 23.0 Å². The number of aromatic nitrogens is 3. The lowest BCUT2D eigenvalue weighted by atomic mass is 10.1. The standard InChI is InChI=1S/C14H16F2N4O3/c1-6-4-8(11-7(2)19-20(3)12(11)17-6)13(21)18-9(14(22)23)5-10(15)16/h4,9-10H,5H2,1-3H3,(H,18,21)(H,22,23). The van der Waals surface area contributed by atoms with Crippen LogP contribution in [-0.4, -0.2) is 44.2 Å². The zero-order chi connectivity index (χ0) is 17.3. The average molecular weight is 326 g/mol. The molecule has 0 radical (unpaired) electrons. The maximum Gasteiger partial charge on any atom is 0.326 e. The zero-order valence-electron chi connectivity index (χ0n) is 12.8. The fourth-order valence-corrected chi connectivity index (χ4v) is 2.38. The van der Waals surface area contributed by atoms with Crippen molar-refractivity contribution in [3.8, 4) is 0 Å². The molecule has 1 amide bonds. The fourth-order valence-electron chi connectivity index (χ4n) is 2.38. The SMILES string of the molecule is Cc1cc(C(=O)NC(CC(F)F)C(=O)O)c2c(C)nn(C)c2n1. The van der Waals surface area contributed by atoms with Gasteiger partial charge < -0.3 is 10.4 Å². The van der Waals surface area contributed by atoms with E-state index in [1.807, 2.05) is 0 Å². The second-order valence-electron chi connectivity index (χ2n) is 5.21. The molecule has 0 aliphatic carbocycles. The number of carboxylic acids is 1. The van der Waals surface area contributed by atoms with Crippen molar-refractivity contribution < 1.29 is 23.5 Å². The van der Waals surface area contributed by atoms with Gasteiger partial charge in [-0.05, 0) is 19.9 Å². The highest BCUT2D eigenvalue weighted by Gasteiger charge is 2.26. The second-order valence-corrected chi connectivity index (χ2v) is 5.21. The van der Waals surface area contributed by atoms with E-state index in [4.69, 9.17) is 5.11 Å². The van der Waals surface area contributed by atoms with Crippen LogP contribution in [0.1, 0.15) is 28.2 Å². The Morgan fingerprint density at radius 2 is 2.04 bits per heavy atom. The van der Waals surface area contributed by atoms with Gasteiger partial charge >= 0.3 is 5.97 Å². The molecule has 9 heteroatoms. The summed E-state index contributed by atoms with van der Waals surface area (Å²) in [5.74, 6) is -2.26. The van der Waals surface area contributed by atoms with Crippen LogP contribution in [-0.2, 0) is 11.8 Å². The number of fused-ring (bicyclic) bond motifs is 1. The van der Waals surface area contributed by atoms with Crippen LogP contribution in [0.15, 0.2) is 6.07 Å². The van der Waals surface area contributed by atoms with Crippen LogP contribution in [0.5, 0.6) is 0 Å². The molecule has 0 fully saturated rings. The Morgan fingerprint density at radius 3 is 2.61 bits per heavy atom. The molecule has 2 N–H and O–H groups in total. The summed E-state index contributed by atoms with van der Waals surface area (Å²) in [6.45, 7) is 3.36. The van der Waals surface area contributed by atoms with E-state index >= 15 is 0 Å². The lowest BCUT2D eigenvalue weighted by Crippen LogP contribution is -2.42. The number of amides is 1. The fraction of sp³-hybridized carbons (Fsp3) is 0.429. The van der Waals surface area contributed by atoms with E-state index in [1.165, 1.54) is 10.7 Å². The van der Waals surface area contributed by atoms with Gasteiger partial charge in [-0.2, -0.15) is 5.10 Å². The summed E-state index contributed by atoms with van der Waals surface area (Å²) < 4.78 is 26.4. The number of pyridine rings is 1. The van der Waals surface area contributed by atoms with Gasteiger partial charge in [0, 0.05) is 19.2 Å². The molecule has 7 nitrogen and oxygen atoms in total. The number of nitrogens with one attached hydrogen (secondary N) is 1. The number of hydrogen-bond donors (Lipinski definition) is 2. The third-order valence-electron chi connectivity index (χ3n) is 3.36. The van der Waals surface area contributed by atoms with Gasteiger partial charge in [0.2, 0.25) is 6.43 Å². The molecule has 0 bridgehead atoms. The number of carbonyl (C=O) groups excluding carboxylic acids is 1. The van der Waals surface area contributed by atoms with Crippen LogP contribution in [0.4, 0.5) is 8.78 Å². The minimum absolute atomic E-state index is 0.165. The molecule has 1 atom stereocenters. The van der Waals surface area contributed by atoms with Crippen molar-refractivity contribution in [1.29, 1.82) is 0 Å². The maximum absolute atomic E-state index is 12.4. The molecular formula is C14H16F2N4O3. The van der Waals surface area contributed by atoms with Crippen molar-refractivity contribution >= 4 is 22.9 Å². The normalized spacial score (nSPS) is 12.6. The molecular weight excluding hydrogens is 310 g/mol. The summed E-state index contributed by atoms with van der Waals surface area (Å²) in [5, 5.41) is 15.7. The first-order valence-electron chi connectivity index (χ1n) is 6.83. The first kappa shape index (κ1) is 16.8. The first-order valence-corrected chi connectivity index (χ1v) is 6.83. The summed E-state index contributed by atoms with van der Waals surface area (Å²) >= 11 is 0. The molecule has 1 unspecified atom stereocenters. The summed E-state index contributed by atoms with van der Waals surface area (Å²) in [6.07, 6.45) is -3.80. The zero-order valence-corrected chi connectivity index (χ0v) is 12.8. The Kier molecular flexibility index (Phi) is 4.57. The van der Waals surface area contributed by atoms with E-state index in [9.17, 15) is 18.4 Å². The minimum atomic E-state index is -2.84. The number of rotatable bonds is 5. The molecule has 23 heavy (non-hydrogen) atoms. The van der Waals surface area contributed by atoms with Crippen molar-refractivity contribution in [1.82, 2.24) is 20.1 Å². The second kappa shape index (κ2) is 6.27. The number of carboxylic acid groups (broad SMARTS) is 1. The van der Waals surface area contributed by atoms with Crippen LogP contribution >= 0.6 is 0 Å². The molecule has 0 aliphatic rings. The van der Waals surface area contributed by atoms with E-state index in [0.717, 1.165) is 0 Å². The highest BCUT2D eigenvalue weighted by Crippen LogP contribution is 2.21. The topological polar surface area (TPSA) is 97.1 Å². The van der Waals surface area contributed by atoms with E-state index in [2.05, 4.69) is 15.4 Å². The third-order valence-corrected chi connectivity index (χ3v) is 3.36. The van der Waals surface area contributed by atoms with Crippen molar-refractivity contribution in [3.63, 3.8) is 0 Å². The number of alkyl halides is 2. The van der Waals surface area contributed by atoms with Crippen molar-refractivity contribution in [2.75, 3.05) is 0 Å². The number of aryl methyl sites for hydroxylation is 3. The van der Waals surface area contributed by atoms with Crippen LogP contribution in [0.2, 0.25) is 0 Å². The van der Waals surface area contributed by atoms with E-state index in [0.29, 0.717) is 22.4 Å². The van der Waals surface area contributed by atoms with Crippen LogP contribution in [0.25, 0.3) is 11.0 Å². The highest BCUT2D eigenvalue weighted by atomic mass is 19.3. The van der Waals surface area contributed by atoms with Crippen LogP contribution in [0.3, 0.4) is 0 Å². The quantitative estimate of drug-likeness (QED) is 0.866. The molecule has 2 rings (SSSR count). The monoisotopic (exact) mass is 326 g/mol. The Morgan fingerprint density at radius 1 is 1.39 bits per heavy atom. The van der Waals surface area contributed by atoms with Gasteiger partial charge in [-0.1, -0.05) is 0 Å². The smallest absolute Gasteiger partial charge is 0.326 e. The van der Waals surface area contributed by atoms with Crippen LogP contribution < -0.4 is 5.32 Å². The van der Waals surface area contributed by atoms with Gasteiger partial charge in [-0.25, -0.2) is 18.6 Å².